The predicted octanol–water partition coefficient (Wildman–Crippen LogP) is 2.34. The van der Waals surface area contributed by atoms with Crippen molar-refractivity contribution in [3.63, 3.8) is 0 Å². The van der Waals surface area contributed by atoms with E-state index in [1.165, 1.54) is 10.9 Å². The van der Waals surface area contributed by atoms with E-state index in [1.807, 2.05) is 24.4 Å². The summed E-state index contributed by atoms with van der Waals surface area (Å²) in [4.78, 5) is 4.19. The maximum atomic E-state index is 4.19. The van der Waals surface area contributed by atoms with E-state index in [4.69, 9.17) is 0 Å². The second kappa shape index (κ2) is 4.11. The van der Waals surface area contributed by atoms with Crippen LogP contribution >= 0.6 is 0 Å². The average molecular weight is 231 g/mol. The first-order valence-corrected chi connectivity index (χ1v) is 3.60. The molecule has 0 spiro atoms. The van der Waals surface area contributed by atoms with Crippen LogP contribution in [0.4, 0.5) is 0 Å². The SMILES string of the molecule is Cc1ccnc2[c-]cccc12.[Y]. The van der Waals surface area contributed by atoms with Gasteiger partial charge >= 0.3 is 0 Å². The number of nitrogens with zero attached hydrogens (tertiary/aromatic N) is 1. The molecule has 1 radical (unpaired) electrons. The molecule has 0 saturated carbocycles. The molecule has 2 heteroatoms. The first kappa shape index (κ1) is 9.82. The van der Waals surface area contributed by atoms with Crippen molar-refractivity contribution in [3.05, 3.63) is 42.1 Å². The number of fused-ring (bicyclic) bond motifs is 1. The van der Waals surface area contributed by atoms with Gasteiger partial charge in [0.05, 0.1) is 0 Å². The zero-order chi connectivity index (χ0) is 7.68. The van der Waals surface area contributed by atoms with Gasteiger partial charge in [-0.05, 0) is 5.52 Å². The zero-order valence-corrected chi connectivity index (χ0v) is 9.75. The van der Waals surface area contributed by atoms with Crippen molar-refractivity contribution in [1.29, 1.82) is 0 Å². The monoisotopic (exact) mass is 231 g/mol. The molecular formula is C10H8NY-. The Morgan fingerprint density at radius 3 is 2.92 bits per heavy atom. The fourth-order valence-electron chi connectivity index (χ4n) is 1.17. The average Bonchev–Trinajstić information content (AvgIpc) is 2.06. The number of benzene rings is 1. The van der Waals surface area contributed by atoms with Crippen LogP contribution in [0, 0.1) is 13.0 Å². The molecule has 1 aromatic carbocycles. The number of hydrogen-bond acceptors (Lipinski definition) is 1. The third-order valence-corrected chi connectivity index (χ3v) is 1.79. The molecule has 0 unspecified atom stereocenters. The van der Waals surface area contributed by atoms with Gasteiger partial charge in [0.25, 0.3) is 0 Å². The van der Waals surface area contributed by atoms with Gasteiger partial charge in [-0.1, -0.05) is 18.6 Å². The third-order valence-electron chi connectivity index (χ3n) is 1.79. The minimum absolute atomic E-state index is 0. The molecule has 0 amide bonds. The van der Waals surface area contributed by atoms with Crippen molar-refractivity contribution in [3.8, 4) is 0 Å². The van der Waals surface area contributed by atoms with Crippen LogP contribution in [0.5, 0.6) is 0 Å². The minimum Gasteiger partial charge on any atom is -0.283 e. The molecule has 1 aromatic heterocycles. The Kier molecular flexibility index (Phi) is 3.36. The van der Waals surface area contributed by atoms with E-state index < -0.39 is 0 Å². The van der Waals surface area contributed by atoms with Gasteiger partial charge in [-0.3, -0.25) is 4.98 Å². The molecule has 0 saturated heterocycles. The Bertz CT molecular complexity index is 379. The molecule has 12 heavy (non-hydrogen) atoms. The Morgan fingerprint density at radius 1 is 1.33 bits per heavy atom. The largest absolute Gasteiger partial charge is 0.283 e. The van der Waals surface area contributed by atoms with Crippen molar-refractivity contribution < 1.29 is 32.7 Å². The molecule has 0 atom stereocenters. The molecule has 1 heterocycles. The number of pyridine rings is 1. The summed E-state index contributed by atoms with van der Waals surface area (Å²) >= 11 is 0. The second-order valence-corrected chi connectivity index (χ2v) is 2.56. The van der Waals surface area contributed by atoms with Crippen molar-refractivity contribution in [1.82, 2.24) is 4.98 Å². The molecule has 57 valence electrons. The van der Waals surface area contributed by atoms with Crippen LogP contribution in [0.15, 0.2) is 30.5 Å². The van der Waals surface area contributed by atoms with Crippen LogP contribution in [0.25, 0.3) is 10.9 Å². The van der Waals surface area contributed by atoms with E-state index in [9.17, 15) is 0 Å². The van der Waals surface area contributed by atoms with Crippen molar-refractivity contribution in [2.24, 2.45) is 0 Å². The summed E-state index contributed by atoms with van der Waals surface area (Å²) in [7, 11) is 0. The van der Waals surface area contributed by atoms with Crippen LogP contribution in [0.3, 0.4) is 0 Å². The van der Waals surface area contributed by atoms with Crippen molar-refractivity contribution in [2.75, 3.05) is 0 Å². The molecule has 0 fully saturated rings. The summed E-state index contributed by atoms with van der Waals surface area (Å²) in [6.07, 6.45) is 1.81. The van der Waals surface area contributed by atoms with Crippen molar-refractivity contribution >= 4 is 10.9 Å². The maximum Gasteiger partial charge on any atom is 0.0241 e. The van der Waals surface area contributed by atoms with Gasteiger partial charge in [0.1, 0.15) is 0 Å². The van der Waals surface area contributed by atoms with Crippen LogP contribution in [0.2, 0.25) is 0 Å². The Labute approximate surface area is 97.1 Å². The van der Waals surface area contributed by atoms with Crippen LogP contribution < -0.4 is 0 Å². The number of hydrogen-bond donors (Lipinski definition) is 0. The van der Waals surface area contributed by atoms with E-state index in [0.717, 1.165) is 5.52 Å². The fourth-order valence-corrected chi connectivity index (χ4v) is 1.17. The van der Waals surface area contributed by atoms with E-state index >= 15 is 0 Å². The number of rotatable bonds is 0. The van der Waals surface area contributed by atoms with Crippen LogP contribution in [-0.4, -0.2) is 4.98 Å². The van der Waals surface area contributed by atoms with Gasteiger partial charge in [0.2, 0.25) is 0 Å². The molecule has 0 bridgehead atoms. The Morgan fingerprint density at radius 2 is 2.17 bits per heavy atom. The first-order valence-electron chi connectivity index (χ1n) is 3.60. The predicted molar refractivity (Wildman–Crippen MR) is 45.3 cm³/mol. The third kappa shape index (κ3) is 1.73. The minimum atomic E-state index is 0. The number of aryl methyl sites for hydroxylation is 1. The topological polar surface area (TPSA) is 12.9 Å². The van der Waals surface area contributed by atoms with Gasteiger partial charge in [-0.25, -0.2) is 0 Å². The standard InChI is InChI=1S/C10H8N.Y/c1-8-6-7-11-10-5-3-2-4-9(8)10;/h2-4,6-7H,1H3;/q-1;. The fraction of sp³-hybridized carbons (Fsp3) is 0.100. The summed E-state index contributed by atoms with van der Waals surface area (Å²) in [5, 5.41) is 1.19. The van der Waals surface area contributed by atoms with Gasteiger partial charge < -0.3 is 0 Å². The van der Waals surface area contributed by atoms with E-state index in [0.29, 0.717) is 0 Å². The van der Waals surface area contributed by atoms with E-state index in [-0.39, 0.29) is 32.7 Å². The Balaban J connectivity index is 0.000000720. The van der Waals surface area contributed by atoms with Gasteiger partial charge in [-0.15, -0.1) is 5.39 Å². The number of para-hydroxylation sites is 1. The normalized spacial score (nSPS) is 9.42. The first-order chi connectivity index (χ1) is 5.38. The van der Waals surface area contributed by atoms with Crippen molar-refractivity contribution in [2.45, 2.75) is 6.92 Å². The van der Waals surface area contributed by atoms with E-state index in [1.54, 1.807) is 0 Å². The summed E-state index contributed by atoms with van der Waals surface area (Å²) in [5.41, 5.74) is 2.21. The zero-order valence-electron chi connectivity index (χ0n) is 6.91. The molecule has 2 rings (SSSR count). The molecule has 0 aliphatic rings. The molecule has 0 N–H and O–H groups in total. The van der Waals surface area contributed by atoms with Gasteiger partial charge in [0.15, 0.2) is 0 Å². The summed E-state index contributed by atoms with van der Waals surface area (Å²) in [6, 6.07) is 11.0. The number of aromatic nitrogens is 1. The summed E-state index contributed by atoms with van der Waals surface area (Å²) in [6.45, 7) is 2.08. The molecule has 0 aliphatic heterocycles. The van der Waals surface area contributed by atoms with Crippen LogP contribution in [0.1, 0.15) is 5.56 Å². The van der Waals surface area contributed by atoms with E-state index in [2.05, 4.69) is 24.0 Å². The quantitative estimate of drug-likeness (QED) is 0.634. The summed E-state index contributed by atoms with van der Waals surface area (Å²) in [5.74, 6) is 0. The van der Waals surface area contributed by atoms with Crippen LogP contribution in [-0.2, 0) is 32.7 Å². The van der Waals surface area contributed by atoms with Gasteiger partial charge in [0, 0.05) is 38.9 Å². The molecule has 2 aromatic rings. The summed E-state index contributed by atoms with van der Waals surface area (Å²) < 4.78 is 0. The Hall–Kier alpha value is -0.266. The molecular weight excluding hydrogens is 223 g/mol. The smallest absolute Gasteiger partial charge is 0.0241 e. The van der Waals surface area contributed by atoms with Gasteiger partial charge in [-0.2, -0.15) is 24.3 Å². The second-order valence-electron chi connectivity index (χ2n) is 2.56. The molecule has 0 aliphatic carbocycles. The maximum absolute atomic E-state index is 4.19. The molecule has 1 nitrogen and oxygen atoms in total.